The standard InChI is InChI=1S/C15H22N4O2/c1-10(15(21)19-7-3-2-4-8-19)18-13-9-11(16)5-6-12(13)14(17)20/h5-6,9-10,18H,2-4,7-8,16H2,1H3,(H2,17,20). The second-order valence-corrected chi connectivity index (χ2v) is 5.42. The second kappa shape index (κ2) is 6.47. The highest BCUT2D eigenvalue weighted by Gasteiger charge is 2.23. The van der Waals surface area contributed by atoms with Crippen LogP contribution in [0.1, 0.15) is 36.5 Å². The molecule has 114 valence electrons. The quantitative estimate of drug-likeness (QED) is 0.725. The van der Waals surface area contributed by atoms with Crippen molar-refractivity contribution in [3.63, 3.8) is 0 Å². The maximum Gasteiger partial charge on any atom is 0.250 e. The highest BCUT2D eigenvalue weighted by atomic mass is 16.2. The molecule has 1 aromatic carbocycles. The monoisotopic (exact) mass is 290 g/mol. The van der Waals surface area contributed by atoms with Crippen molar-refractivity contribution in [3.05, 3.63) is 23.8 Å². The predicted molar refractivity (Wildman–Crippen MR) is 82.9 cm³/mol. The molecule has 2 amide bonds. The molecule has 1 atom stereocenters. The molecule has 0 saturated carbocycles. The van der Waals surface area contributed by atoms with Crippen molar-refractivity contribution in [1.29, 1.82) is 0 Å². The first-order valence-corrected chi connectivity index (χ1v) is 7.23. The molecule has 5 N–H and O–H groups in total. The van der Waals surface area contributed by atoms with E-state index in [0.29, 0.717) is 16.9 Å². The van der Waals surface area contributed by atoms with Gasteiger partial charge in [0.2, 0.25) is 5.91 Å². The molecule has 6 nitrogen and oxygen atoms in total. The maximum atomic E-state index is 12.4. The zero-order valence-corrected chi connectivity index (χ0v) is 12.3. The molecule has 2 rings (SSSR count). The van der Waals surface area contributed by atoms with E-state index >= 15 is 0 Å². The van der Waals surface area contributed by atoms with Gasteiger partial charge in [-0.3, -0.25) is 9.59 Å². The van der Waals surface area contributed by atoms with Gasteiger partial charge in [-0.05, 0) is 44.4 Å². The lowest BCUT2D eigenvalue weighted by Gasteiger charge is -2.30. The fourth-order valence-electron chi connectivity index (χ4n) is 2.58. The van der Waals surface area contributed by atoms with Crippen molar-refractivity contribution in [3.8, 4) is 0 Å². The zero-order valence-electron chi connectivity index (χ0n) is 12.3. The van der Waals surface area contributed by atoms with Gasteiger partial charge in [-0.15, -0.1) is 0 Å². The van der Waals surface area contributed by atoms with Crippen molar-refractivity contribution in [2.45, 2.75) is 32.2 Å². The van der Waals surface area contributed by atoms with Gasteiger partial charge in [-0.2, -0.15) is 0 Å². The number of anilines is 2. The van der Waals surface area contributed by atoms with E-state index in [1.807, 2.05) is 4.90 Å². The van der Waals surface area contributed by atoms with Gasteiger partial charge in [0, 0.05) is 24.5 Å². The predicted octanol–water partition coefficient (Wildman–Crippen LogP) is 1.18. The van der Waals surface area contributed by atoms with E-state index in [1.54, 1.807) is 25.1 Å². The number of hydrogen-bond acceptors (Lipinski definition) is 4. The molecule has 21 heavy (non-hydrogen) atoms. The molecule has 6 heteroatoms. The number of hydrogen-bond donors (Lipinski definition) is 3. The Morgan fingerprint density at radius 3 is 2.52 bits per heavy atom. The lowest BCUT2D eigenvalue weighted by atomic mass is 10.1. The normalized spacial score (nSPS) is 16.3. The SMILES string of the molecule is CC(Nc1cc(N)ccc1C(N)=O)C(=O)N1CCCCC1. The third-order valence-corrected chi connectivity index (χ3v) is 3.72. The van der Waals surface area contributed by atoms with Crippen LogP contribution in [0.25, 0.3) is 0 Å². The minimum Gasteiger partial charge on any atom is -0.399 e. The number of nitrogens with two attached hydrogens (primary N) is 2. The van der Waals surface area contributed by atoms with E-state index in [4.69, 9.17) is 11.5 Å². The number of piperidine rings is 1. The number of nitrogens with zero attached hydrogens (tertiary/aromatic N) is 1. The summed E-state index contributed by atoms with van der Waals surface area (Å²) in [5.74, 6) is -0.511. The number of carbonyl (C=O) groups is 2. The fraction of sp³-hybridized carbons (Fsp3) is 0.467. The van der Waals surface area contributed by atoms with E-state index in [2.05, 4.69) is 5.32 Å². The summed E-state index contributed by atoms with van der Waals surface area (Å²) in [4.78, 5) is 25.7. The van der Waals surface area contributed by atoms with Gasteiger partial charge >= 0.3 is 0 Å². The molecule has 1 aromatic rings. The van der Waals surface area contributed by atoms with Crippen molar-refractivity contribution in [2.24, 2.45) is 5.73 Å². The molecule has 1 unspecified atom stereocenters. The Bertz CT molecular complexity index is 538. The minimum atomic E-state index is -0.546. The van der Waals surface area contributed by atoms with Crippen LogP contribution in [0.3, 0.4) is 0 Å². The lowest BCUT2D eigenvalue weighted by Crippen LogP contribution is -2.44. The highest BCUT2D eigenvalue weighted by molar-refractivity contribution is 6.00. The molecule has 1 aliphatic rings. The number of nitrogen functional groups attached to an aromatic ring is 1. The van der Waals surface area contributed by atoms with Crippen molar-refractivity contribution >= 4 is 23.2 Å². The van der Waals surface area contributed by atoms with Crippen LogP contribution in [0.5, 0.6) is 0 Å². The summed E-state index contributed by atoms with van der Waals surface area (Å²) in [5, 5.41) is 3.06. The molecule has 0 aliphatic carbocycles. The van der Waals surface area contributed by atoms with Crippen LogP contribution in [-0.4, -0.2) is 35.8 Å². The molecule has 0 aromatic heterocycles. The number of nitrogens with one attached hydrogen (secondary N) is 1. The number of primary amides is 1. The number of amides is 2. The summed E-state index contributed by atoms with van der Waals surface area (Å²) in [5.41, 5.74) is 12.4. The topological polar surface area (TPSA) is 101 Å². The molecule has 1 aliphatic heterocycles. The number of carbonyl (C=O) groups excluding carboxylic acids is 2. The van der Waals surface area contributed by atoms with Gasteiger partial charge in [-0.1, -0.05) is 0 Å². The van der Waals surface area contributed by atoms with Crippen LogP contribution >= 0.6 is 0 Å². The summed E-state index contributed by atoms with van der Waals surface area (Å²) in [6, 6.07) is 4.38. The third-order valence-electron chi connectivity index (χ3n) is 3.72. The van der Waals surface area contributed by atoms with Gasteiger partial charge in [0.25, 0.3) is 5.91 Å². The Morgan fingerprint density at radius 1 is 1.24 bits per heavy atom. The number of likely N-dealkylation sites (tertiary alicyclic amines) is 1. The first-order valence-electron chi connectivity index (χ1n) is 7.23. The van der Waals surface area contributed by atoms with Crippen LogP contribution in [0, 0.1) is 0 Å². The van der Waals surface area contributed by atoms with Crippen LogP contribution in [-0.2, 0) is 4.79 Å². The first-order chi connectivity index (χ1) is 9.99. The molecule has 0 radical (unpaired) electrons. The van der Waals surface area contributed by atoms with E-state index in [-0.39, 0.29) is 5.91 Å². The molecule has 0 spiro atoms. The van der Waals surface area contributed by atoms with Crippen molar-refractivity contribution in [2.75, 3.05) is 24.1 Å². The van der Waals surface area contributed by atoms with Crippen LogP contribution < -0.4 is 16.8 Å². The Morgan fingerprint density at radius 2 is 1.90 bits per heavy atom. The molecule has 0 bridgehead atoms. The zero-order chi connectivity index (χ0) is 15.4. The van der Waals surface area contributed by atoms with Gasteiger partial charge < -0.3 is 21.7 Å². The van der Waals surface area contributed by atoms with Crippen molar-refractivity contribution in [1.82, 2.24) is 4.90 Å². The Balaban J connectivity index is 2.11. The van der Waals surface area contributed by atoms with E-state index in [0.717, 1.165) is 25.9 Å². The molecular formula is C15H22N4O2. The van der Waals surface area contributed by atoms with Crippen LogP contribution in [0.4, 0.5) is 11.4 Å². The highest BCUT2D eigenvalue weighted by Crippen LogP contribution is 2.20. The summed E-state index contributed by atoms with van der Waals surface area (Å²) < 4.78 is 0. The van der Waals surface area contributed by atoms with E-state index < -0.39 is 11.9 Å². The Kier molecular flexibility index (Phi) is 4.67. The number of benzene rings is 1. The second-order valence-electron chi connectivity index (χ2n) is 5.42. The van der Waals surface area contributed by atoms with Gasteiger partial charge in [0.15, 0.2) is 0 Å². The van der Waals surface area contributed by atoms with E-state index in [9.17, 15) is 9.59 Å². The first kappa shape index (κ1) is 15.2. The lowest BCUT2D eigenvalue weighted by molar-refractivity contribution is -0.132. The summed E-state index contributed by atoms with van der Waals surface area (Å²) >= 11 is 0. The van der Waals surface area contributed by atoms with Gasteiger partial charge in [-0.25, -0.2) is 0 Å². The summed E-state index contributed by atoms with van der Waals surface area (Å²) in [6.45, 7) is 3.37. The molecule has 1 saturated heterocycles. The maximum absolute atomic E-state index is 12.4. The molecule has 1 heterocycles. The third kappa shape index (κ3) is 3.65. The Hall–Kier alpha value is -2.24. The molecule has 1 fully saturated rings. The summed E-state index contributed by atoms with van der Waals surface area (Å²) in [6.07, 6.45) is 3.26. The smallest absolute Gasteiger partial charge is 0.250 e. The molecular weight excluding hydrogens is 268 g/mol. The van der Waals surface area contributed by atoms with Gasteiger partial charge in [0.05, 0.1) is 5.56 Å². The minimum absolute atomic E-state index is 0.0348. The summed E-state index contributed by atoms with van der Waals surface area (Å²) in [7, 11) is 0. The largest absolute Gasteiger partial charge is 0.399 e. The van der Waals surface area contributed by atoms with Gasteiger partial charge in [0.1, 0.15) is 6.04 Å². The Labute approximate surface area is 124 Å². The van der Waals surface area contributed by atoms with Crippen molar-refractivity contribution < 1.29 is 9.59 Å². The average molecular weight is 290 g/mol. The average Bonchev–Trinajstić information content (AvgIpc) is 2.47. The fourth-order valence-corrected chi connectivity index (χ4v) is 2.58. The number of rotatable bonds is 4. The van der Waals surface area contributed by atoms with Crippen LogP contribution in [0.2, 0.25) is 0 Å². The van der Waals surface area contributed by atoms with Crippen LogP contribution in [0.15, 0.2) is 18.2 Å². The van der Waals surface area contributed by atoms with E-state index in [1.165, 1.54) is 6.42 Å².